The van der Waals surface area contributed by atoms with Crippen LogP contribution in [0.2, 0.25) is 0 Å². The van der Waals surface area contributed by atoms with Gasteiger partial charge in [-0.3, -0.25) is 4.79 Å². The van der Waals surface area contributed by atoms with Crippen LogP contribution in [0.5, 0.6) is 5.75 Å². The van der Waals surface area contributed by atoms with E-state index in [4.69, 9.17) is 4.74 Å². The van der Waals surface area contributed by atoms with Crippen molar-refractivity contribution in [3.05, 3.63) is 72.3 Å². The first-order valence-electron chi connectivity index (χ1n) is 8.82. The minimum Gasteiger partial charge on any atom is -0.497 e. The second-order valence-electron chi connectivity index (χ2n) is 6.23. The molecule has 3 aromatic carbocycles. The third-order valence-electron chi connectivity index (χ3n) is 4.33. The van der Waals surface area contributed by atoms with Crippen LogP contribution < -0.4 is 10.2 Å². The van der Waals surface area contributed by atoms with Gasteiger partial charge in [0.05, 0.1) is 12.0 Å². The Balaban J connectivity index is 1.55. The number of hydrogen-bond donors (Lipinski definition) is 1. The lowest BCUT2D eigenvalue weighted by atomic mass is 10.00. The van der Waals surface area contributed by atoms with Crippen molar-refractivity contribution in [2.75, 3.05) is 7.11 Å². The Morgan fingerprint density at radius 3 is 2.54 bits per heavy atom. The Hall–Kier alpha value is -2.90. The van der Waals surface area contributed by atoms with Crippen molar-refractivity contribution in [2.24, 2.45) is 0 Å². The van der Waals surface area contributed by atoms with Gasteiger partial charge in [-0.15, -0.1) is 4.28 Å². The van der Waals surface area contributed by atoms with Crippen LogP contribution in [0.15, 0.2) is 71.6 Å². The maximum absolute atomic E-state index is 12.0. The van der Waals surface area contributed by atoms with Gasteiger partial charge in [0.2, 0.25) is 5.91 Å². The van der Waals surface area contributed by atoms with Crippen LogP contribution in [-0.4, -0.2) is 21.4 Å². The summed E-state index contributed by atoms with van der Waals surface area (Å²) in [5.74, 6) is 0.287. The zero-order valence-electron chi connectivity index (χ0n) is 15.4. The van der Waals surface area contributed by atoms with Crippen LogP contribution in [-0.2, 0) is 25.6 Å². The number of fused-ring (bicyclic) bond motifs is 1. The summed E-state index contributed by atoms with van der Waals surface area (Å²) in [6.07, 6.45) is 1.37. The molecule has 0 spiro atoms. The summed E-state index contributed by atoms with van der Waals surface area (Å²) < 4.78 is 33.9. The van der Waals surface area contributed by atoms with Crippen LogP contribution in [0.1, 0.15) is 18.4 Å². The van der Waals surface area contributed by atoms with Gasteiger partial charge in [-0.2, -0.15) is 8.42 Å². The molecule has 0 saturated heterocycles. The molecule has 1 amide bonds. The topological polar surface area (TPSA) is 81.7 Å². The molecule has 0 radical (unpaired) electrons. The summed E-state index contributed by atoms with van der Waals surface area (Å²) in [7, 11) is -2.39. The molecule has 0 aromatic heterocycles. The third kappa shape index (κ3) is 4.88. The quantitative estimate of drug-likeness (QED) is 0.585. The number of ether oxygens (including phenoxy) is 1. The molecule has 7 heteroatoms. The van der Waals surface area contributed by atoms with Gasteiger partial charge in [0.15, 0.2) is 0 Å². The first-order chi connectivity index (χ1) is 13.5. The fraction of sp³-hybridized carbons (Fsp3) is 0.190. The zero-order chi connectivity index (χ0) is 20.0. The molecule has 1 N–H and O–H groups in total. The minimum absolute atomic E-state index is 0.0139. The number of rotatable bonds is 8. The smallest absolute Gasteiger partial charge is 0.317 e. The number of hydroxylamine groups is 1. The summed E-state index contributed by atoms with van der Waals surface area (Å²) in [6, 6.07) is 19.5. The van der Waals surface area contributed by atoms with E-state index in [2.05, 4.69) is 4.28 Å². The van der Waals surface area contributed by atoms with E-state index < -0.39 is 16.0 Å². The number of amides is 1. The summed E-state index contributed by atoms with van der Waals surface area (Å²) in [6.45, 7) is 0. The van der Waals surface area contributed by atoms with Crippen LogP contribution in [0.4, 0.5) is 0 Å². The van der Waals surface area contributed by atoms with E-state index in [0.717, 1.165) is 22.1 Å². The monoisotopic (exact) mass is 399 g/mol. The number of benzene rings is 3. The van der Waals surface area contributed by atoms with E-state index in [1.807, 2.05) is 41.9 Å². The lowest BCUT2D eigenvalue weighted by molar-refractivity contribution is -0.127. The molecule has 0 bridgehead atoms. The molecule has 0 aliphatic carbocycles. The Morgan fingerprint density at radius 1 is 1.00 bits per heavy atom. The number of hydrogen-bond acceptors (Lipinski definition) is 5. The van der Waals surface area contributed by atoms with Crippen molar-refractivity contribution in [3.63, 3.8) is 0 Å². The van der Waals surface area contributed by atoms with E-state index >= 15 is 0 Å². The maximum atomic E-state index is 12.0. The number of methoxy groups -OCH3 is 1. The van der Waals surface area contributed by atoms with E-state index in [1.165, 1.54) is 12.1 Å². The summed E-state index contributed by atoms with van der Waals surface area (Å²) in [5.41, 5.74) is 3.12. The lowest BCUT2D eigenvalue weighted by Crippen LogP contribution is -2.27. The van der Waals surface area contributed by atoms with Crippen molar-refractivity contribution >= 4 is 26.8 Å². The third-order valence-corrected chi connectivity index (χ3v) is 5.48. The van der Waals surface area contributed by atoms with Gasteiger partial charge in [-0.1, -0.05) is 42.5 Å². The van der Waals surface area contributed by atoms with Crippen molar-refractivity contribution in [1.82, 2.24) is 5.48 Å². The van der Waals surface area contributed by atoms with Crippen LogP contribution in [0, 0.1) is 0 Å². The van der Waals surface area contributed by atoms with Crippen molar-refractivity contribution in [1.29, 1.82) is 0 Å². The number of carbonyl (C=O) groups excluding carboxylic acids is 1. The van der Waals surface area contributed by atoms with Crippen LogP contribution in [0.3, 0.4) is 0 Å². The van der Waals surface area contributed by atoms with Crippen molar-refractivity contribution in [3.8, 4) is 5.75 Å². The van der Waals surface area contributed by atoms with Gasteiger partial charge in [0.1, 0.15) is 5.75 Å². The molecular weight excluding hydrogens is 378 g/mol. The fourth-order valence-corrected chi connectivity index (χ4v) is 3.68. The second kappa shape index (κ2) is 8.86. The van der Waals surface area contributed by atoms with Gasteiger partial charge in [-0.05, 0) is 53.4 Å². The maximum Gasteiger partial charge on any atom is 0.317 e. The highest BCUT2D eigenvalue weighted by Gasteiger charge is 2.16. The Labute approximate surface area is 164 Å². The summed E-state index contributed by atoms with van der Waals surface area (Å²) in [4.78, 5) is 11.9. The molecule has 6 nitrogen and oxygen atoms in total. The molecule has 3 aromatic rings. The molecule has 3 rings (SSSR count). The normalized spacial score (nSPS) is 11.3. The van der Waals surface area contributed by atoms with Gasteiger partial charge >= 0.3 is 10.1 Å². The van der Waals surface area contributed by atoms with Gasteiger partial charge < -0.3 is 4.74 Å². The molecule has 0 fully saturated rings. The molecule has 28 heavy (non-hydrogen) atoms. The van der Waals surface area contributed by atoms with E-state index in [1.54, 1.807) is 25.3 Å². The Kier molecular flexibility index (Phi) is 6.28. The van der Waals surface area contributed by atoms with Crippen LogP contribution >= 0.6 is 0 Å². The largest absolute Gasteiger partial charge is 0.497 e. The molecule has 0 atom stereocenters. The second-order valence-corrected chi connectivity index (χ2v) is 7.78. The zero-order valence-corrected chi connectivity index (χ0v) is 16.2. The molecular formula is C21H21NO5S. The average molecular weight is 399 g/mol. The van der Waals surface area contributed by atoms with E-state index in [0.29, 0.717) is 12.8 Å². The predicted octanol–water partition coefficient (Wildman–Crippen LogP) is 3.61. The number of carbonyl (C=O) groups is 1. The fourth-order valence-electron chi connectivity index (χ4n) is 2.89. The first-order valence-corrected chi connectivity index (χ1v) is 10.2. The number of nitrogens with one attached hydrogen (secondary N) is 1. The Morgan fingerprint density at radius 2 is 1.79 bits per heavy atom. The molecule has 0 unspecified atom stereocenters. The standard InChI is InChI=1S/C21H21NO5S/c1-26-18-14-13-17-8-5-7-16(20(17)15-18)9-6-12-21(23)22-27-28(24,25)19-10-3-2-4-11-19/h2-5,7-8,10-11,13-15H,6,9,12H2,1H3,(H,22,23). The highest BCUT2D eigenvalue weighted by Crippen LogP contribution is 2.25. The average Bonchev–Trinajstić information content (AvgIpc) is 2.73. The molecule has 146 valence electrons. The van der Waals surface area contributed by atoms with Crippen molar-refractivity contribution < 1.29 is 22.2 Å². The van der Waals surface area contributed by atoms with E-state index in [-0.39, 0.29) is 11.3 Å². The van der Waals surface area contributed by atoms with E-state index in [9.17, 15) is 13.2 Å². The minimum atomic E-state index is -4.01. The molecule has 0 heterocycles. The van der Waals surface area contributed by atoms with Crippen molar-refractivity contribution in [2.45, 2.75) is 24.2 Å². The van der Waals surface area contributed by atoms with Crippen LogP contribution in [0.25, 0.3) is 10.8 Å². The first kappa shape index (κ1) is 19.9. The summed E-state index contributed by atoms with van der Waals surface area (Å²) >= 11 is 0. The molecule has 0 aliphatic rings. The SMILES string of the molecule is COc1ccc2cccc(CCCC(=O)NOS(=O)(=O)c3ccccc3)c2c1. The Bertz CT molecular complexity index is 1060. The van der Waals surface area contributed by atoms with Gasteiger partial charge in [0.25, 0.3) is 0 Å². The lowest BCUT2D eigenvalue weighted by Gasteiger charge is -2.09. The van der Waals surface area contributed by atoms with Gasteiger partial charge in [-0.25, -0.2) is 5.48 Å². The predicted molar refractivity (Wildman–Crippen MR) is 106 cm³/mol. The molecule has 0 aliphatic heterocycles. The number of aryl methyl sites for hydroxylation is 1. The highest BCUT2D eigenvalue weighted by molar-refractivity contribution is 7.86. The highest BCUT2D eigenvalue weighted by atomic mass is 32.2. The summed E-state index contributed by atoms with van der Waals surface area (Å²) in [5, 5.41) is 2.17. The molecule has 0 saturated carbocycles. The van der Waals surface area contributed by atoms with Gasteiger partial charge in [0, 0.05) is 6.42 Å².